The number of benzene rings is 1. The highest BCUT2D eigenvalue weighted by Crippen LogP contribution is 2.35. The van der Waals surface area contributed by atoms with E-state index in [2.05, 4.69) is 26.8 Å². The van der Waals surface area contributed by atoms with Gasteiger partial charge in [0.1, 0.15) is 5.82 Å². The maximum atomic E-state index is 13.6. The van der Waals surface area contributed by atoms with Gasteiger partial charge in [-0.2, -0.15) is 0 Å². The van der Waals surface area contributed by atoms with Gasteiger partial charge in [-0.15, -0.1) is 0 Å². The van der Waals surface area contributed by atoms with Gasteiger partial charge in [0, 0.05) is 49.9 Å². The second-order valence-electron chi connectivity index (χ2n) is 9.35. The van der Waals surface area contributed by atoms with E-state index < -0.39 is 6.29 Å². The van der Waals surface area contributed by atoms with Crippen molar-refractivity contribution in [3.8, 4) is 22.6 Å². The van der Waals surface area contributed by atoms with Crippen molar-refractivity contribution in [1.82, 2.24) is 24.8 Å². The zero-order valence-electron chi connectivity index (χ0n) is 19.5. The molecule has 1 aromatic carbocycles. The number of hydrogen-bond donors (Lipinski definition) is 2. The summed E-state index contributed by atoms with van der Waals surface area (Å²) in [4.78, 5) is 22.0. The van der Waals surface area contributed by atoms with Gasteiger partial charge in [-0.3, -0.25) is 0 Å². The number of nitrogens with two attached hydrogens (primary N) is 1. The predicted octanol–water partition coefficient (Wildman–Crippen LogP) is 2.44. The largest absolute Gasteiger partial charge is 0.345 e. The third-order valence-electron chi connectivity index (χ3n) is 6.41. The molecule has 2 aliphatic heterocycles. The summed E-state index contributed by atoms with van der Waals surface area (Å²) < 4.78 is 25.5. The van der Waals surface area contributed by atoms with Gasteiger partial charge in [0.25, 0.3) is 0 Å². The molecule has 0 bridgehead atoms. The van der Waals surface area contributed by atoms with Crippen LogP contribution in [0.25, 0.3) is 22.6 Å². The molecule has 0 saturated carbocycles. The average Bonchev–Trinajstić information content (AvgIpc) is 3.31. The lowest BCUT2D eigenvalue weighted by Gasteiger charge is -2.35. The molecular weight excluding hydrogens is 437 g/mol. The molecule has 0 radical (unpaired) electrons. The van der Waals surface area contributed by atoms with Crippen LogP contribution in [0.15, 0.2) is 36.5 Å². The van der Waals surface area contributed by atoms with Gasteiger partial charge in [-0.1, -0.05) is 6.92 Å². The van der Waals surface area contributed by atoms with Crippen LogP contribution in [-0.2, 0) is 9.47 Å². The molecule has 180 valence electrons. The molecule has 0 unspecified atom stereocenters. The molecule has 2 fully saturated rings. The molecule has 0 aliphatic carbocycles. The van der Waals surface area contributed by atoms with E-state index in [4.69, 9.17) is 25.2 Å². The minimum atomic E-state index is -0.647. The van der Waals surface area contributed by atoms with Crippen molar-refractivity contribution < 1.29 is 13.9 Å². The van der Waals surface area contributed by atoms with E-state index in [0.717, 1.165) is 31.7 Å². The van der Waals surface area contributed by atoms with Crippen LogP contribution >= 0.6 is 0 Å². The molecule has 0 spiro atoms. The van der Waals surface area contributed by atoms with E-state index in [1.807, 2.05) is 13.0 Å². The first-order valence-electron chi connectivity index (χ1n) is 11.5. The fourth-order valence-electron chi connectivity index (χ4n) is 4.07. The molecule has 0 amide bonds. The van der Waals surface area contributed by atoms with Gasteiger partial charge < -0.3 is 30.0 Å². The summed E-state index contributed by atoms with van der Waals surface area (Å²) in [6.07, 6.45) is 1.11. The summed E-state index contributed by atoms with van der Waals surface area (Å²) in [5.41, 5.74) is 8.46. The van der Waals surface area contributed by atoms with Crippen molar-refractivity contribution in [2.45, 2.75) is 13.2 Å². The maximum Gasteiger partial charge on any atom is 0.225 e. The number of imidazole rings is 1. The van der Waals surface area contributed by atoms with Crippen LogP contribution in [0.5, 0.6) is 0 Å². The summed E-state index contributed by atoms with van der Waals surface area (Å²) in [7, 11) is 2.11. The number of ether oxygens (including phenoxy) is 2. The van der Waals surface area contributed by atoms with Crippen LogP contribution < -0.4 is 10.6 Å². The Labute approximate surface area is 198 Å². The Bertz CT molecular complexity index is 1120. The minimum Gasteiger partial charge on any atom is -0.345 e. The Hall–Kier alpha value is -2.92. The van der Waals surface area contributed by atoms with E-state index in [1.54, 1.807) is 18.3 Å². The summed E-state index contributed by atoms with van der Waals surface area (Å²) in [6.45, 7) is 7.09. The molecule has 10 heteroatoms. The van der Waals surface area contributed by atoms with Crippen molar-refractivity contribution in [2.75, 3.05) is 57.9 Å². The van der Waals surface area contributed by atoms with E-state index in [1.165, 1.54) is 12.1 Å². The number of piperazine rings is 1. The molecule has 3 N–H and O–H groups in total. The van der Waals surface area contributed by atoms with Crippen LogP contribution in [0.2, 0.25) is 0 Å². The molecular formula is C24H30FN7O2. The maximum absolute atomic E-state index is 13.6. The number of aromatic nitrogens is 4. The summed E-state index contributed by atoms with van der Waals surface area (Å²) in [6, 6.07) is 8.09. The van der Waals surface area contributed by atoms with Gasteiger partial charge in [-0.25, -0.2) is 19.3 Å². The normalized spacial score (nSPS) is 23.9. The second-order valence-corrected chi connectivity index (χ2v) is 9.35. The first-order valence-corrected chi connectivity index (χ1v) is 11.5. The van der Waals surface area contributed by atoms with E-state index in [0.29, 0.717) is 48.6 Å². The van der Waals surface area contributed by atoms with Crippen molar-refractivity contribution in [1.29, 1.82) is 0 Å². The third kappa shape index (κ3) is 4.67. The van der Waals surface area contributed by atoms with Crippen molar-refractivity contribution >= 4 is 5.95 Å². The number of likely N-dealkylation sites (N-methyl/N-ethyl adjacent to an activating group) is 1. The third-order valence-corrected chi connectivity index (χ3v) is 6.41. The Kier molecular flexibility index (Phi) is 6.30. The quantitative estimate of drug-likeness (QED) is 0.590. The minimum absolute atomic E-state index is 0.226. The summed E-state index contributed by atoms with van der Waals surface area (Å²) in [5, 5.41) is 0. The molecule has 2 aromatic heterocycles. The molecule has 9 nitrogen and oxygen atoms in total. The van der Waals surface area contributed by atoms with Crippen molar-refractivity contribution in [3.63, 3.8) is 0 Å². The van der Waals surface area contributed by atoms with Crippen LogP contribution in [0.1, 0.15) is 19.0 Å². The van der Waals surface area contributed by atoms with Crippen LogP contribution in [0, 0.1) is 11.2 Å². The first kappa shape index (κ1) is 22.9. The Balaban J connectivity index is 1.50. The van der Waals surface area contributed by atoms with Gasteiger partial charge in [0.05, 0.1) is 30.3 Å². The topological polar surface area (TPSA) is 105 Å². The highest BCUT2D eigenvalue weighted by Gasteiger charge is 2.34. The van der Waals surface area contributed by atoms with Gasteiger partial charge >= 0.3 is 0 Å². The molecule has 4 heterocycles. The lowest BCUT2D eigenvalue weighted by Crippen LogP contribution is -2.45. The predicted molar refractivity (Wildman–Crippen MR) is 127 cm³/mol. The Morgan fingerprint density at radius 2 is 1.79 bits per heavy atom. The number of H-pyrrole nitrogens is 1. The number of halogens is 1. The van der Waals surface area contributed by atoms with E-state index in [9.17, 15) is 4.39 Å². The molecule has 0 atom stereocenters. The first-order chi connectivity index (χ1) is 16.4. The Morgan fingerprint density at radius 1 is 1.09 bits per heavy atom. The van der Waals surface area contributed by atoms with E-state index in [-0.39, 0.29) is 11.2 Å². The van der Waals surface area contributed by atoms with Gasteiger partial charge in [0.2, 0.25) is 12.2 Å². The number of anilines is 1. The molecule has 2 saturated heterocycles. The van der Waals surface area contributed by atoms with Gasteiger partial charge in [-0.05, 0) is 37.4 Å². The standard InChI is InChI=1S/C24H30FN7O2/c1-24(13-26)14-33-22(34-15-24)21-29-19(16-3-5-17(25)6-4-16)20(30-21)18-7-8-27-23(28-18)32-11-9-31(2)10-12-32/h3-8,22H,9-15,26H2,1-2H3,(H,29,30). The van der Waals surface area contributed by atoms with Crippen LogP contribution in [0.3, 0.4) is 0 Å². The molecule has 3 aromatic rings. The molecule has 2 aliphatic rings. The highest BCUT2D eigenvalue weighted by atomic mass is 19.1. The fraction of sp³-hybridized carbons (Fsp3) is 0.458. The second kappa shape index (κ2) is 9.38. The lowest BCUT2D eigenvalue weighted by atomic mass is 9.93. The van der Waals surface area contributed by atoms with Gasteiger partial charge in [0.15, 0.2) is 5.82 Å². The number of aromatic amines is 1. The number of hydrogen-bond acceptors (Lipinski definition) is 8. The highest BCUT2D eigenvalue weighted by molar-refractivity contribution is 5.77. The van der Waals surface area contributed by atoms with Crippen LogP contribution in [-0.4, -0.2) is 77.8 Å². The summed E-state index contributed by atoms with van der Waals surface area (Å²) in [5.74, 6) is 0.907. The SMILES string of the molecule is CN1CCN(c2nccc(-c3[nH]c(C4OCC(C)(CN)CO4)nc3-c3ccc(F)cc3)n2)CC1. The molecule has 5 rings (SSSR count). The zero-order chi connectivity index (χ0) is 23.7. The number of nitrogens with zero attached hydrogens (tertiary/aromatic N) is 5. The average molecular weight is 468 g/mol. The lowest BCUT2D eigenvalue weighted by molar-refractivity contribution is -0.231. The van der Waals surface area contributed by atoms with Crippen molar-refractivity contribution in [2.24, 2.45) is 11.1 Å². The van der Waals surface area contributed by atoms with Crippen molar-refractivity contribution in [3.05, 3.63) is 48.2 Å². The number of nitrogens with one attached hydrogen (secondary N) is 1. The summed E-state index contributed by atoms with van der Waals surface area (Å²) >= 11 is 0. The monoisotopic (exact) mass is 467 g/mol. The smallest absolute Gasteiger partial charge is 0.225 e. The van der Waals surface area contributed by atoms with E-state index >= 15 is 0 Å². The van der Waals surface area contributed by atoms with Crippen LogP contribution in [0.4, 0.5) is 10.3 Å². The zero-order valence-corrected chi connectivity index (χ0v) is 19.5. The number of rotatable bonds is 5. The molecule has 34 heavy (non-hydrogen) atoms. The Morgan fingerprint density at radius 3 is 2.47 bits per heavy atom. The fourth-order valence-corrected chi connectivity index (χ4v) is 4.07.